The van der Waals surface area contributed by atoms with Gasteiger partial charge in [-0.25, -0.2) is 0 Å². The molecule has 0 spiro atoms. The van der Waals surface area contributed by atoms with E-state index in [-0.39, 0.29) is 21.7 Å². The molecule has 21 heavy (non-hydrogen) atoms. The van der Waals surface area contributed by atoms with Gasteiger partial charge in [-0.15, -0.1) is 0 Å². The van der Waals surface area contributed by atoms with Crippen LogP contribution in [0, 0.1) is 28.9 Å². The molecule has 7 heteroatoms. The van der Waals surface area contributed by atoms with Crippen LogP contribution in [0.2, 0.25) is 0 Å². The first-order chi connectivity index (χ1) is 9.87. The summed E-state index contributed by atoms with van der Waals surface area (Å²) in [4.78, 5) is 10.8. The monoisotopic (exact) mass is 311 g/mol. The minimum absolute atomic E-state index is 0.105. The van der Waals surface area contributed by atoms with E-state index >= 15 is 0 Å². The largest absolute Gasteiger partial charge is 0.297 e. The highest BCUT2D eigenvalue weighted by Crippen LogP contribution is 2.47. The van der Waals surface area contributed by atoms with E-state index in [4.69, 9.17) is 4.18 Å². The Labute approximate surface area is 123 Å². The zero-order valence-corrected chi connectivity index (χ0v) is 12.5. The molecule has 2 fully saturated rings. The Morgan fingerprint density at radius 2 is 1.86 bits per heavy atom. The summed E-state index contributed by atoms with van der Waals surface area (Å²) in [5, 5.41) is 11.0. The van der Waals surface area contributed by atoms with Crippen LogP contribution in [0.25, 0.3) is 0 Å². The van der Waals surface area contributed by atoms with Crippen molar-refractivity contribution in [3.8, 4) is 0 Å². The summed E-state index contributed by atoms with van der Waals surface area (Å²) in [6.45, 7) is 1.87. The molecule has 6 nitrogen and oxygen atoms in total. The molecule has 2 saturated carbocycles. The molecule has 4 atom stereocenters. The first-order valence-electron chi connectivity index (χ1n) is 7.00. The first kappa shape index (κ1) is 14.5. The van der Waals surface area contributed by atoms with Crippen LogP contribution in [0.15, 0.2) is 29.2 Å². The minimum atomic E-state index is -3.85. The molecular formula is C14H17NO5S. The fraction of sp³-hybridized carbons (Fsp3) is 0.571. The van der Waals surface area contributed by atoms with Gasteiger partial charge in [0.25, 0.3) is 10.1 Å². The standard InChI is InChI=1S/C14H17NO5S/c1-9-2-4-11(5-3-9)21(18,19)20-14-8-10-6-12(14)13(7-10)15(16)17/h2-5,10,12-14H,6-8H2,1H3/t10-,12+,13-,14+/m0/s1. The van der Waals surface area contributed by atoms with Crippen LogP contribution in [-0.2, 0) is 14.3 Å². The molecule has 0 heterocycles. The van der Waals surface area contributed by atoms with Crippen molar-refractivity contribution in [2.75, 3.05) is 0 Å². The Morgan fingerprint density at radius 1 is 1.19 bits per heavy atom. The summed E-state index contributed by atoms with van der Waals surface area (Å²) in [6, 6.07) is 5.75. The predicted octanol–water partition coefficient (Wildman–Crippen LogP) is 2.14. The van der Waals surface area contributed by atoms with Gasteiger partial charge in [-0.05, 0) is 37.8 Å². The topological polar surface area (TPSA) is 86.5 Å². The summed E-state index contributed by atoms with van der Waals surface area (Å²) < 4.78 is 29.8. The molecule has 0 unspecified atom stereocenters. The third-order valence-corrected chi connectivity index (χ3v) is 5.90. The highest BCUT2D eigenvalue weighted by molar-refractivity contribution is 7.86. The van der Waals surface area contributed by atoms with Crippen molar-refractivity contribution in [3.05, 3.63) is 39.9 Å². The molecule has 2 aliphatic rings. The highest BCUT2D eigenvalue weighted by atomic mass is 32.2. The second kappa shape index (κ2) is 5.06. The summed E-state index contributed by atoms with van der Waals surface area (Å²) >= 11 is 0. The fourth-order valence-electron chi connectivity index (χ4n) is 3.53. The quantitative estimate of drug-likeness (QED) is 0.483. The average Bonchev–Trinajstić information content (AvgIpc) is 2.98. The fourth-order valence-corrected chi connectivity index (χ4v) is 4.65. The zero-order chi connectivity index (χ0) is 15.2. The molecular weight excluding hydrogens is 294 g/mol. The van der Waals surface area contributed by atoms with Gasteiger partial charge in [-0.3, -0.25) is 14.3 Å². The second-order valence-electron chi connectivity index (χ2n) is 5.99. The normalized spacial score (nSPS) is 31.5. The van der Waals surface area contributed by atoms with E-state index in [1.54, 1.807) is 12.1 Å². The van der Waals surface area contributed by atoms with Gasteiger partial charge in [0.1, 0.15) is 0 Å². The van der Waals surface area contributed by atoms with Gasteiger partial charge in [-0.2, -0.15) is 8.42 Å². The Hall–Kier alpha value is -1.47. The molecule has 2 bridgehead atoms. The van der Waals surface area contributed by atoms with Gasteiger partial charge in [0.05, 0.1) is 16.9 Å². The zero-order valence-electron chi connectivity index (χ0n) is 11.6. The number of fused-ring (bicyclic) bond motifs is 2. The Bertz CT molecular complexity index is 654. The van der Waals surface area contributed by atoms with Crippen molar-refractivity contribution in [2.45, 2.75) is 43.2 Å². The third kappa shape index (κ3) is 2.67. The maximum atomic E-state index is 12.3. The molecule has 2 aliphatic carbocycles. The predicted molar refractivity (Wildman–Crippen MR) is 74.9 cm³/mol. The molecule has 3 rings (SSSR count). The van der Waals surface area contributed by atoms with E-state index in [0.717, 1.165) is 5.56 Å². The smallest absolute Gasteiger partial charge is 0.264 e. The maximum absolute atomic E-state index is 12.3. The Balaban J connectivity index is 1.77. The number of hydrogen-bond donors (Lipinski definition) is 0. The second-order valence-corrected chi connectivity index (χ2v) is 7.56. The summed E-state index contributed by atoms with van der Waals surface area (Å²) in [5.74, 6) is -0.0751. The number of rotatable bonds is 4. The molecule has 0 N–H and O–H groups in total. The molecule has 0 amide bonds. The van der Waals surface area contributed by atoms with Gasteiger partial charge in [0.15, 0.2) is 0 Å². The van der Waals surface area contributed by atoms with E-state index < -0.39 is 22.3 Å². The van der Waals surface area contributed by atoms with Crippen molar-refractivity contribution in [2.24, 2.45) is 11.8 Å². The van der Waals surface area contributed by atoms with Crippen LogP contribution in [0.1, 0.15) is 24.8 Å². The van der Waals surface area contributed by atoms with Crippen LogP contribution in [0.3, 0.4) is 0 Å². The third-order valence-electron chi connectivity index (χ3n) is 4.55. The van der Waals surface area contributed by atoms with Gasteiger partial charge in [0, 0.05) is 11.3 Å². The van der Waals surface area contributed by atoms with E-state index in [1.165, 1.54) is 12.1 Å². The van der Waals surface area contributed by atoms with Gasteiger partial charge < -0.3 is 0 Å². The van der Waals surface area contributed by atoms with Crippen LogP contribution in [0.5, 0.6) is 0 Å². The van der Waals surface area contributed by atoms with Crippen molar-refractivity contribution in [3.63, 3.8) is 0 Å². The van der Waals surface area contributed by atoms with Crippen LogP contribution >= 0.6 is 0 Å². The molecule has 0 aliphatic heterocycles. The van der Waals surface area contributed by atoms with Crippen LogP contribution in [-0.4, -0.2) is 25.5 Å². The van der Waals surface area contributed by atoms with Crippen molar-refractivity contribution in [1.82, 2.24) is 0 Å². The Morgan fingerprint density at radius 3 is 2.43 bits per heavy atom. The summed E-state index contributed by atoms with van der Waals surface area (Å²) in [5.41, 5.74) is 0.960. The Kier molecular flexibility index (Phi) is 3.49. The highest BCUT2D eigenvalue weighted by Gasteiger charge is 2.54. The molecule has 114 valence electrons. The van der Waals surface area contributed by atoms with E-state index in [9.17, 15) is 18.5 Å². The number of benzene rings is 1. The van der Waals surface area contributed by atoms with Gasteiger partial charge >= 0.3 is 0 Å². The lowest BCUT2D eigenvalue weighted by molar-refractivity contribution is -0.532. The lowest BCUT2D eigenvalue weighted by Crippen LogP contribution is -2.37. The van der Waals surface area contributed by atoms with Crippen molar-refractivity contribution >= 4 is 10.1 Å². The number of nitrogens with zero attached hydrogens (tertiary/aromatic N) is 1. The molecule has 0 aromatic heterocycles. The van der Waals surface area contributed by atoms with E-state index in [1.807, 2.05) is 6.92 Å². The number of nitro groups is 1. The first-order valence-corrected chi connectivity index (χ1v) is 8.41. The van der Waals surface area contributed by atoms with Crippen LogP contribution in [0.4, 0.5) is 0 Å². The van der Waals surface area contributed by atoms with Crippen molar-refractivity contribution in [1.29, 1.82) is 0 Å². The summed E-state index contributed by atoms with van der Waals surface area (Å²) in [6.07, 6.45) is 1.27. The molecule has 1 aromatic rings. The van der Waals surface area contributed by atoms with E-state index in [2.05, 4.69) is 0 Å². The SMILES string of the molecule is Cc1ccc(S(=O)(=O)O[C@@H]2C[C@H]3C[C@@H]2[C@@H]([N+](=O)[O-])C3)cc1. The van der Waals surface area contributed by atoms with Gasteiger partial charge in [-0.1, -0.05) is 17.7 Å². The number of aryl methyl sites for hydroxylation is 1. The van der Waals surface area contributed by atoms with Crippen LogP contribution < -0.4 is 0 Å². The lowest BCUT2D eigenvalue weighted by atomic mass is 9.93. The average molecular weight is 311 g/mol. The van der Waals surface area contributed by atoms with E-state index in [0.29, 0.717) is 19.3 Å². The number of hydrogen-bond acceptors (Lipinski definition) is 5. The van der Waals surface area contributed by atoms with Crippen molar-refractivity contribution < 1.29 is 17.5 Å². The van der Waals surface area contributed by atoms with Gasteiger partial charge in [0.2, 0.25) is 6.04 Å². The lowest BCUT2D eigenvalue weighted by Gasteiger charge is -2.24. The maximum Gasteiger partial charge on any atom is 0.297 e. The molecule has 1 aromatic carbocycles. The summed E-state index contributed by atoms with van der Waals surface area (Å²) in [7, 11) is -3.85. The minimum Gasteiger partial charge on any atom is -0.264 e. The molecule has 0 radical (unpaired) electrons. The molecule has 0 saturated heterocycles.